The van der Waals surface area contributed by atoms with Gasteiger partial charge in [0, 0.05) is 19.8 Å². The summed E-state index contributed by atoms with van der Waals surface area (Å²) in [4.78, 5) is 2.26. The quantitative estimate of drug-likeness (QED) is 0.0477. The molecule has 0 spiro atoms. The van der Waals surface area contributed by atoms with Gasteiger partial charge in [0.15, 0.2) is 0 Å². The van der Waals surface area contributed by atoms with Crippen LogP contribution in [0.15, 0.2) is 36.0 Å². The van der Waals surface area contributed by atoms with E-state index in [1.54, 1.807) is 5.57 Å². The van der Waals surface area contributed by atoms with Gasteiger partial charge in [-0.3, -0.25) is 0 Å². The third kappa shape index (κ3) is 17.8. The van der Waals surface area contributed by atoms with Gasteiger partial charge in [-0.1, -0.05) is 155 Å². The van der Waals surface area contributed by atoms with E-state index in [-0.39, 0.29) is 0 Å². The van der Waals surface area contributed by atoms with Crippen LogP contribution in [0.5, 0.6) is 0 Å². The number of hydrogen-bond donors (Lipinski definition) is 0. The zero-order chi connectivity index (χ0) is 43.8. The normalized spacial score (nSPS) is 28.8. The number of hydrogen-bond acceptors (Lipinski definition) is 4. The zero-order valence-corrected chi connectivity index (χ0v) is 42.0. The number of nitrogens with zero attached hydrogens (tertiary/aromatic N) is 1. The van der Waals surface area contributed by atoms with E-state index in [2.05, 4.69) is 90.9 Å². The summed E-state index contributed by atoms with van der Waals surface area (Å²) < 4.78 is 18.8. The van der Waals surface area contributed by atoms with Gasteiger partial charge in [0.05, 0.1) is 25.4 Å². The van der Waals surface area contributed by atoms with Gasteiger partial charge in [0.1, 0.15) is 0 Å². The number of unbranched alkanes of at least 4 members (excludes halogenated alkanes) is 13. The maximum Gasteiger partial charge on any atom is 0.0644 e. The third-order valence-corrected chi connectivity index (χ3v) is 16.9. The first-order chi connectivity index (χ1) is 29.6. The SMILES string of the molecule is CCCCC/C=C\C/C=C\CCCCCCCCOC[C@@H](COCCCCCCCO[C@H]1CC[C@@]2(C)C(=CCC3C2CC[C@@]2(C)C3CC[C@@H]2[C@H](C)CCCC(C)C)C1)N(C)C. The summed E-state index contributed by atoms with van der Waals surface area (Å²) in [6.45, 7) is 19.3. The summed E-state index contributed by atoms with van der Waals surface area (Å²) in [6, 6.07) is 0.335. The molecule has 3 saturated carbocycles. The van der Waals surface area contributed by atoms with Crippen LogP contribution >= 0.6 is 0 Å². The van der Waals surface area contributed by atoms with Gasteiger partial charge in [-0.25, -0.2) is 0 Å². The number of ether oxygens (including phenoxy) is 3. The Balaban J connectivity index is 0.968. The summed E-state index contributed by atoms with van der Waals surface area (Å²) >= 11 is 0. The fourth-order valence-corrected chi connectivity index (χ4v) is 12.9. The molecule has 9 atom stereocenters. The third-order valence-electron chi connectivity index (χ3n) is 16.9. The van der Waals surface area contributed by atoms with E-state index in [1.165, 1.54) is 167 Å². The Labute approximate surface area is 380 Å². The van der Waals surface area contributed by atoms with Crippen LogP contribution in [0.2, 0.25) is 0 Å². The zero-order valence-electron chi connectivity index (χ0n) is 42.0. The van der Waals surface area contributed by atoms with Crippen LogP contribution in [0.25, 0.3) is 0 Å². The highest BCUT2D eigenvalue weighted by Crippen LogP contribution is 2.67. The number of rotatable bonds is 34. The number of likely N-dealkylation sites (N-methyl/N-ethyl adjacent to an activating group) is 1. The molecule has 0 amide bonds. The van der Waals surface area contributed by atoms with Crippen LogP contribution in [0.3, 0.4) is 0 Å². The lowest BCUT2D eigenvalue weighted by molar-refractivity contribution is -0.0641. The highest BCUT2D eigenvalue weighted by Gasteiger charge is 2.59. The smallest absolute Gasteiger partial charge is 0.0644 e. The molecule has 61 heavy (non-hydrogen) atoms. The van der Waals surface area contributed by atoms with Crippen molar-refractivity contribution in [1.29, 1.82) is 0 Å². The molecule has 0 aromatic carbocycles. The lowest BCUT2D eigenvalue weighted by atomic mass is 9.47. The Bertz CT molecular complexity index is 1220. The van der Waals surface area contributed by atoms with E-state index in [0.29, 0.717) is 23.0 Å². The molecule has 4 rings (SSSR count). The lowest BCUT2D eigenvalue weighted by Crippen LogP contribution is -2.51. The van der Waals surface area contributed by atoms with Gasteiger partial charge in [-0.15, -0.1) is 0 Å². The summed E-state index contributed by atoms with van der Waals surface area (Å²) in [6.07, 6.45) is 49.5. The van der Waals surface area contributed by atoms with Gasteiger partial charge in [0.2, 0.25) is 0 Å². The second kappa shape index (κ2) is 29.6. The van der Waals surface area contributed by atoms with Gasteiger partial charge < -0.3 is 19.1 Å². The predicted octanol–water partition coefficient (Wildman–Crippen LogP) is 16.1. The molecule has 0 saturated heterocycles. The van der Waals surface area contributed by atoms with Crippen LogP contribution in [0, 0.1) is 46.3 Å². The first-order valence-corrected chi connectivity index (χ1v) is 27.0. The van der Waals surface area contributed by atoms with Crippen molar-refractivity contribution in [3.05, 3.63) is 36.0 Å². The first-order valence-electron chi connectivity index (χ1n) is 27.0. The molecule has 4 aliphatic carbocycles. The molecule has 4 nitrogen and oxygen atoms in total. The monoisotopic (exact) mass is 850 g/mol. The predicted molar refractivity (Wildman–Crippen MR) is 264 cm³/mol. The molecule has 0 N–H and O–H groups in total. The molecule has 0 aromatic heterocycles. The Hall–Kier alpha value is -0.940. The number of allylic oxidation sites excluding steroid dienone is 5. The van der Waals surface area contributed by atoms with Crippen molar-refractivity contribution >= 4 is 0 Å². The maximum absolute atomic E-state index is 6.59. The van der Waals surface area contributed by atoms with Crippen molar-refractivity contribution in [3.8, 4) is 0 Å². The van der Waals surface area contributed by atoms with Crippen LogP contribution < -0.4 is 0 Å². The van der Waals surface area contributed by atoms with Crippen molar-refractivity contribution in [2.45, 2.75) is 233 Å². The summed E-state index contributed by atoms with van der Waals surface area (Å²) in [5.41, 5.74) is 2.79. The lowest BCUT2D eigenvalue weighted by Gasteiger charge is -2.58. The van der Waals surface area contributed by atoms with Crippen molar-refractivity contribution in [2.75, 3.05) is 47.1 Å². The minimum Gasteiger partial charge on any atom is -0.380 e. The Kier molecular flexibility index (Phi) is 25.5. The molecule has 354 valence electrons. The van der Waals surface area contributed by atoms with Gasteiger partial charge in [0.25, 0.3) is 0 Å². The second-order valence-electron chi connectivity index (χ2n) is 22.1. The largest absolute Gasteiger partial charge is 0.380 e. The van der Waals surface area contributed by atoms with E-state index in [4.69, 9.17) is 14.2 Å². The van der Waals surface area contributed by atoms with Crippen LogP contribution in [0.4, 0.5) is 0 Å². The van der Waals surface area contributed by atoms with E-state index in [1.807, 2.05) is 0 Å². The summed E-state index contributed by atoms with van der Waals surface area (Å²) in [5.74, 6) is 5.48. The fourth-order valence-electron chi connectivity index (χ4n) is 12.9. The molecular formula is C57H103NO3. The van der Waals surface area contributed by atoms with Crippen LogP contribution in [0.1, 0.15) is 221 Å². The standard InChI is InChI=1S/C57H103NO3/c1-9-10-11-12-13-14-15-16-17-18-19-20-21-22-24-27-41-59-45-50(58(7)8)46-60-42-28-25-23-26-29-43-61-51-37-39-56(5)49(44-51)33-34-52-54-36-35-53(48(4)32-30-31-47(2)3)57(54,6)40-38-55(52)56/h13-14,16-17,33,47-48,50-55H,9-12,15,18-32,34-46H2,1-8H3/b14-13-,17-16-/t48-,50+,51+,52?,53-,54?,55?,56+,57-/m1/s1. The topological polar surface area (TPSA) is 30.9 Å². The average molecular weight is 850 g/mol. The van der Waals surface area contributed by atoms with Crippen molar-refractivity contribution in [2.24, 2.45) is 46.3 Å². The molecular weight excluding hydrogens is 747 g/mol. The van der Waals surface area contributed by atoms with Crippen molar-refractivity contribution < 1.29 is 14.2 Å². The summed E-state index contributed by atoms with van der Waals surface area (Å²) in [7, 11) is 4.30. The highest BCUT2D eigenvalue weighted by molar-refractivity contribution is 5.25. The van der Waals surface area contributed by atoms with Crippen molar-refractivity contribution in [1.82, 2.24) is 4.90 Å². The highest BCUT2D eigenvalue weighted by atomic mass is 16.5. The molecule has 0 aliphatic heterocycles. The van der Waals surface area contributed by atoms with Crippen LogP contribution in [-0.4, -0.2) is 64.2 Å². The molecule has 0 heterocycles. The van der Waals surface area contributed by atoms with Gasteiger partial charge >= 0.3 is 0 Å². The molecule has 4 heteroatoms. The molecule has 3 unspecified atom stereocenters. The van der Waals surface area contributed by atoms with Gasteiger partial charge in [-0.2, -0.15) is 0 Å². The van der Waals surface area contributed by atoms with Gasteiger partial charge in [-0.05, 0) is 163 Å². The van der Waals surface area contributed by atoms with E-state index >= 15 is 0 Å². The van der Waals surface area contributed by atoms with E-state index in [9.17, 15) is 0 Å². The van der Waals surface area contributed by atoms with Crippen LogP contribution in [-0.2, 0) is 14.2 Å². The minimum atomic E-state index is 0.335. The molecule has 0 aromatic rings. The maximum atomic E-state index is 6.59. The van der Waals surface area contributed by atoms with Crippen molar-refractivity contribution in [3.63, 3.8) is 0 Å². The molecule has 0 bridgehead atoms. The average Bonchev–Trinajstić information content (AvgIpc) is 3.60. The Morgan fingerprint density at radius 2 is 1.30 bits per heavy atom. The molecule has 3 fully saturated rings. The number of fused-ring (bicyclic) bond motifs is 5. The first kappa shape index (κ1) is 52.7. The van der Waals surface area contributed by atoms with E-state index in [0.717, 1.165) is 81.4 Å². The molecule has 4 aliphatic rings. The second-order valence-corrected chi connectivity index (χ2v) is 22.1. The minimum absolute atomic E-state index is 0.335. The Morgan fingerprint density at radius 3 is 1.93 bits per heavy atom. The Morgan fingerprint density at radius 1 is 0.672 bits per heavy atom. The molecule has 0 radical (unpaired) electrons. The summed E-state index contributed by atoms with van der Waals surface area (Å²) in [5, 5.41) is 0. The van der Waals surface area contributed by atoms with E-state index < -0.39 is 0 Å². The fraction of sp³-hybridized carbons (Fsp3) is 0.895.